The Morgan fingerprint density at radius 2 is 2.00 bits per heavy atom. The van der Waals surface area contributed by atoms with E-state index >= 15 is 0 Å². The van der Waals surface area contributed by atoms with Crippen molar-refractivity contribution in [2.45, 2.75) is 20.4 Å². The number of thiocarbonyl (C=S) groups is 1. The number of H-pyrrole nitrogens is 1. The highest BCUT2D eigenvalue weighted by Gasteiger charge is 2.13. The number of aromatic amines is 1. The first-order valence-electron chi connectivity index (χ1n) is 8.20. The van der Waals surface area contributed by atoms with Crippen molar-refractivity contribution in [2.24, 2.45) is 0 Å². The van der Waals surface area contributed by atoms with Crippen LogP contribution in [-0.4, -0.2) is 53.6 Å². The minimum Gasteiger partial charge on any atom is -0.363 e. The normalized spacial score (nSPS) is 11.0. The molecule has 0 spiro atoms. The van der Waals surface area contributed by atoms with E-state index < -0.39 is 0 Å². The fourth-order valence-electron chi connectivity index (χ4n) is 2.53. The van der Waals surface area contributed by atoms with E-state index in [1.807, 2.05) is 51.0 Å². The topological polar surface area (TPSA) is 51.4 Å². The second kappa shape index (κ2) is 8.26. The van der Waals surface area contributed by atoms with Crippen molar-refractivity contribution in [1.29, 1.82) is 0 Å². The van der Waals surface area contributed by atoms with E-state index in [-0.39, 0.29) is 5.56 Å². The lowest BCUT2D eigenvalue weighted by atomic mass is 10.1. The Bertz CT molecular complexity index is 769. The molecule has 1 heterocycles. The number of likely N-dealkylation sites (N-methyl/N-ethyl adjacent to an activating group) is 1. The smallest absolute Gasteiger partial charge is 0.253 e. The summed E-state index contributed by atoms with van der Waals surface area (Å²) in [4.78, 5) is 19.5. The van der Waals surface area contributed by atoms with E-state index in [1.165, 1.54) is 5.56 Å². The summed E-state index contributed by atoms with van der Waals surface area (Å²) in [7, 11) is 4.06. The fourth-order valence-corrected chi connectivity index (χ4v) is 2.83. The third-order valence-corrected chi connectivity index (χ3v) is 4.27. The summed E-state index contributed by atoms with van der Waals surface area (Å²) in [5, 5.41) is 4.91. The van der Waals surface area contributed by atoms with Crippen LogP contribution in [0.25, 0.3) is 10.9 Å². The van der Waals surface area contributed by atoms with Gasteiger partial charge in [0.15, 0.2) is 5.11 Å². The Hall–Kier alpha value is -1.92. The highest BCUT2D eigenvalue weighted by Crippen LogP contribution is 2.14. The molecular formula is C18H26N4OS. The van der Waals surface area contributed by atoms with Crippen LogP contribution in [-0.2, 0) is 6.54 Å². The van der Waals surface area contributed by atoms with Gasteiger partial charge in [-0.05, 0) is 63.7 Å². The molecule has 0 saturated heterocycles. The number of hydrogen-bond donors (Lipinski definition) is 2. The summed E-state index contributed by atoms with van der Waals surface area (Å²) in [5.41, 5.74) is 2.71. The van der Waals surface area contributed by atoms with Gasteiger partial charge in [0.05, 0.1) is 6.54 Å². The summed E-state index contributed by atoms with van der Waals surface area (Å²) < 4.78 is 0. The van der Waals surface area contributed by atoms with Crippen LogP contribution >= 0.6 is 12.2 Å². The Balaban J connectivity index is 2.29. The van der Waals surface area contributed by atoms with E-state index in [0.29, 0.717) is 11.7 Å². The predicted octanol–water partition coefficient (Wildman–Crippen LogP) is 2.09. The van der Waals surface area contributed by atoms with Gasteiger partial charge in [0, 0.05) is 30.7 Å². The molecule has 2 N–H and O–H groups in total. The largest absolute Gasteiger partial charge is 0.363 e. The second-order valence-corrected chi connectivity index (χ2v) is 6.66. The molecule has 1 aromatic carbocycles. The third-order valence-electron chi connectivity index (χ3n) is 3.87. The number of nitrogens with zero attached hydrogens (tertiary/aromatic N) is 2. The van der Waals surface area contributed by atoms with E-state index in [1.54, 1.807) is 0 Å². The molecule has 0 atom stereocenters. The second-order valence-electron chi connectivity index (χ2n) is 6.27. The van der Waals surface area contributed by atoms with Crippen molar-refractivity contribution in [2.75, 3.05) is 33.7 Å². The van der Waals surface area contributed by atoms with Crippen molar-refractivity contribution < 1.29 is 0 Å². The van der Waals surface area contributed by atoms with E-state index in [2.05, 4.69) is 21.3 Å². The van der Waals surface area contributed by atoms with Gasteiger partial charge in [-0.15, -0.1) is 0 Å². The van der Waals surface area contributed by atoms with Gasteiger partial charge in [0.1, 0.15) is 0 Å². The van der Waals surface area contributed by atoms with Crippen molar-refractivity contribution in [1.82, 2.24) is 20.1 Å². The maximum absolute atomic E-state index is 12.4. The molecule has 0 saturated carbocycles. The standard InChI is InChI=1S/C18H26N4OS/c1-5-19-18(24)22(9-8-21(3)4)12-15-11-14-10-13(2)6-7-16(14)20-17(15)23/h6-7,10-11H,5,8-9,12H2,1-4H3,(H,19,24)(H,20,23). The quantitative estimate of drug-likeness (QED) is 0.785. The fraction of sp³-hybridized carbons (Fsp3) is 0.444. The molecule has 0 aliphatic carbocycles. The molecular weight excluding hydrogens is 320 g/mol. The first-order chi connectivity index (χ1) is 11.4. The maximum atomic E-state index is 12.4. The molecule has 1 aromatic heterocycles. The molecule has 6 heteroatoms. The van der Waals surface area contributed by atoms with Gasteiger partial charge in [-0.25, -0.2) is 0 Å². The molecule has 2 aromatic rings. The molecule has 0 aliphatic rings. The van der Waals surface area contributed by atoms with Crippen molar-refractivity contribution >= 4 is 28.2 Å². The molecule has 0 bridgehead atoms. The van der Waals surface area contributed by atoms with Crippen LogP contribution in [0.15, 0.2) is 29.1 Å². The van der Waals surface area contributed by atoms with Gasteiger partial charge in [-0.2, -0.15) is 0 Å². The van der Waals surface area contributed by atoms with Gasteiger partial charge in [0.2, 0.25) is 0 Å². The number of fused-ring (bicyclic) bond motifs is 1. The third kappa shape index (κ3) is 4.79. The van der Waals surface area contributed by atoms with E-state index in [9.17, 15) is 4.79 Å². The summed E-state index contributed by atoms with van der Waals surface area (Å²) >= 11 is 5.47. The Morgan fingerprint density at radius 3 is 2.67 bits per heavy atom. The van der Waals surface area contributed by atoms with Crippen LogP contribution in [0.2, 0.25) is 0 Å². The van der Waals surface area contributed by atoms with Gasteiger partial charge in [-0.1, -0.05) is 11.6 Å². The minimum atomic E-state index is -0.0551. The van der Waals surface area contributed by atoms with Crippen LogP contribution in [0.5, 0.6) is 0 Å². The first kappa shape index (κ1) is 18.4. The molecule has 0 fully saturated rings. The lowest BCUT2D eigenvalue weighted by molar-refractivity contribution is 0.322. The molecule has 0 aliphatic heterocycles. The predicted molar refractivity (Wildman–Crippen MR) is 105 cm³/mol. The molecule has 0 radical (unpaired) electrons. The average Bonchev–Trinajstić information content (AvgIpc) is 2.52. The van der Waals surface area contributed by atoms with Gasteiger partial charge in [0.25, 0.3) is 5.56 Å². The van der Waals surface area contributed by atoms with Crippen LogP contribution in [0, 0.1) is 6.92 Å². The van der Waals surface area contributed by atoms with Crippen molar-refractivity contribution in [3.8, 4) is 0 Å². The maximum Gasteiger partial charge on any atom is 0.253 e. The van der Waals surface area contributed by atoms with Gasteiger partial charge < -0.3 is 20.1 Å². The summed E-state index contributed by atoms with van der Waals surface area (Å²) in [6.07, 6.45) is 0. The summed E-state index contributed by atoms with van der Waals surface area (Å²) in [5.74, 6) is 0. The van der Waals surface area contributed by atoms with Crippen LogP contribution in [0.4, 0.5) is 0 Å². The first-order valence-corrected chi connectivity index (χ1v) is 8.61. The number of pyridine rings is 1. The minimum absolute atomic E-state index is 0.0551. The molecule has 0 unspecified atom stereocenters. The van der Waals surface area contributed by atoms with Gasteiger partial charge >= 0.3 is 0 Å². The van der Waals surface area contributed by atoms with E-state index in [0.717, 1.165) is 36.1 Å². The van der Waals surface area contributed by atoms with Gasteiger partial charge in [-0.3, -0.25) is 4.79 Å². The highest BCUT2D eigenvalue weighted by molar-refractivity contribution is 7.80. The Morgan fingerprint density at radius 1 is 1.25 bits per heavy atom. The zero-order chi connectivity index (χ0) is 17.7. The molecule has 24 heavy (non-hydrogen) atoms. The molecule has 0 amide bonds. The van der Waals surface area contributed by atoms with Crippen molar-refractivity contribution in [3.05, 3.63) is 45.7 Å². The Kier molecular flexibility index (Phi) is 6.34. The van der Waals surface area contributed by atoms with E-state index in [4.69, 9.17) is 12.2 Å². The number of aryl methyl sites for hydroxylation is 1. The number of benzene rings is 1. The average molecular weight is 347 g/mol. The van der Waals surface area contributed by atoms with Crippen LogP contribution in [0.1, 0.15) is 18.1 Å². The molecule has 2 rings (SSSR count). The summed E-state index contributed by atoms with van der Waals surface area (Å²) in [6, 6.07) is 8.00. The number of nitrogens with one attached hydrogen (secondary N) is 2. The molecule has 130 valence electrons. The lowest BCUT2D eigenvalue weighted by Gasteiger charge is -2.27. The van der Waals surface area contributed by atoms with Crippen molar-refractivity contribution in [3.63, 3.8) is 0 Å². The summed E-state index contributed by atoms with van der Waals surface area (Å²) in [6.45, 7) is 6.97. The zero-order valence-corrected chi connectivity index (χ0v) is 15.7. The Labute approximate surface area is 148 Å². The van der Waals surface area contributed by atoms with Crippen LogP contribution in [0.3, 0.4) is 0 Å². The highest BCUT2D eigenvalue weighted by atomic mass is 32.1. The SMILES string of the molecule is CCNC(=S)N(CCN(C)C)Cc1cc2cc(C)ccc2[nH]c1=O. The number of hydrogen-bond acceptors (Lipinski definition) is 3. The number of aromatic nitrogens is 1. The van der Waals surface area contributed by atoms with Crippen LogP contribution < -0.4 is 10.9 Å². The number of rotatable bonds is 6. The monoisotopic (exact) mass is 346 g/mol. The molecule has 5 nitrogen and oxygen atoms in total. The zero-order valence-electron chi connectivity index (χ0n) is 14.8. The lowest BCUT2D eigenvalue weighted by Crippen LogP contribution is -2.43.